The van der Waals surface area contributed by atoms with Gasteiger partial charge in [0.25, 0.3) is 0 Å². The minimum Gasteiger partial charge on any atom is -0.384 e. The molecule has 0 aliphatic rings. The van der Waals surface area contributed by atoms with Gasteiger partial charge in [-0.1, -0.05) is 0 Å². The molecule has 0 aliphatic carbocycles. The molecule has 0 aromatic carbocycles. The maximum atomic E-state index is 5.60. The van der Waals surface area contributed by atoms with Gasteiger partial charge < -0.3 is 16.0 Å². The Balaban J connectivity index is 2.11. The fourth-order valence-electron chi connectivity index (χ4n) is 1.91. The van der Waals surface area contributed by atoms with E-state index in [4.69, 9.17) is 5.73 Å². The summed E-state index contributed by atoms with van der Waals surface area (Å²) in [6, 6.07) is 3.75. The Morgan fingerprint density at radius 1 is 1.37 bits per heavy atom. The fraction of sp³-hybridized carbons (Fsp3) is 0.385. The van der Waals surface area contributed by atoms with Crippen molar-refractivity contribution in [3.63, 3.8) is 0 Å². The molecule has 0 saturated carbocycles. The molecule has 2 aromatic rings. The van der Waals surface area contributed by atoms with Crippen LogP contribution < -0.4 is 11.1 Å². The normalized spacial score (nSPS) is 11.1. The monoisotopic (exact) mass is 260 g/mol. The molecule has 0 unspecified atom stereocenters. The molecule has 0 fully saturated rings. The van der Waals surface area contributed by atoms with Crippen LogP contribution in [0.1, 0.15) is 5.56 Å². The van der Waals surface area contributed by atoms with E-state index < -0.39 is 0 Å². The number of aromatic nitrogens is 3. The SMILES string of the molecule is CNCCN(C)Cc1cn[nH]c1-c1ccc(N)nc1. The highest BCUT2D eigenvalue weighted by Gasteiger charge is 2.10. The number of hydrogen-bond acceptors (Lipinski definition) is 5. The van der Waals surface area contributed by atoms with E-state index in [9.17, 15) is 0 Å². The van der Waals surface area contributed by atoms with Crippen molar-refractivity contribution in [3.8, 4) is 11.3 Å². The zero-order chi connectivity index (χ0) is 13.7. The average molecular weight is 260 g/mol. The molecule has 0 radical (unpaired) electrons. The van der Waals surface area contributed by atoms with Crippen molar-refractivity contribution in [1.29, 1.82) is 0 Å². The summed E-state index contributed by atoms with van der Waals surface area (Å²) in [5, 5.41) is 10.3. The van der Waals surface area contributed by atoms with E-state index >= 15 is 0 Å². The standard InChI is InChI=1S/C13H20N6/c1-15-5-6-19(2)9-11-8-17-18-13(11)10-3-4-12(14)16-7-10/h3-4,7-8,15H,5-6,9H2,1-2H3,(H2,14,16)(H,17,18). The van der Waals surface area contributed by atoms with Gasteiger partial charge in [0.15, 0.2) is 0 Å². The number of H-pyrrole nitrogens is 1. The minimum atomic E-state index is 0.524. The van der Waals surface area contributed by atoms with E-state index in [1.54, 1.807) is 12.3 Å². The zero-order valence-corrected chi connectivity index (χ0v) is 11.3. The second-order valence-corrected chi connectivity index (χ2v) is 4.58. The molecule has 0 atom stereocenters. The number of nitrogens with two attached hydrogens (primary N) is 1. The van der Waals surface area contributed by atoms with Crippen LogP contribution in [-0.4, -0.2) is 47.3 Å². The van der Waals surface area contributed by atoms with Gasteiger partial charge in [-0.25, -0.2) is 4.98 Å². The number of nitrogen functional groups attached to an aromatic ring is 1. The topological polar surface area (TPSA) is 82.9 Å². The van der Waals surface area contributed by atoms with Crippen molar-refractivity contribution in [2.24, 2.45) is 0 Å². The summed E-state index contributed by atoms with van der Waals surface area (Å²) in [4.78, 5) is 6.36. The lowest BCUT2D eigenvalue weighted by Crippen LogP contribution is -2.26. The number of pyridine rings is 1. The summed E-state index contributed by atoms with van der Waals surface area (Å²) in [6.07, 6.45) is 3.63. The number of rotatable bonds is 6. The number of nitrogens with one attached hydrogen (secondary N) is 2. The number of aromatic amines is 1. The fourth-order valence-corrected chi connectivity index (χ4v) is 1.91. The third kappa shape index (κ3) is 3.52. The molecule has 0 spiro atoms. The van der Waals surface area contributed by atoms with Gasteiger partial charge in [0.2, 0.25) is 0 Å². The van der Waals surface area contributed by atoms with E-state index in [0.29, 0.717) is 5.82 Å². The molecular weight excluding hydrogens is 240 g/mol. The molecule has 6 nitrogen and oxygen atoms in total. The third-order valence-corrected chi connectivity index (χ3v) is 2.98. The molecule has 2 aromatic heterocycles. The third-order valence-electron chi connectivity index (χ3n) is 2.98. The first kappa shape index (κ1) is 13.5. The molecule has 2 rings (SSSR count). The molecule has 2 heterocycles. The summed E-state index contributed by atoms with van der Waals surface area (Å²) in [5.74, 6) is 0.524. The Morgan fingerprint density at radius 2 is 2.21 bits per heavy atom. The summed E-state index contributed by atoms with van der Waals surface area (Å²) in [6.45, 7) is 2.80. The van der Waals surface area contributed by atoms with E-state index in [0.717, 1.165) is 36.5 Å². The van der Waals surface area contributed by atoms with Crippen molar-refractivity contribution in [2.75, 3.05) is 32.9 Å². The van der Waals surface area contributed by atoms with Crippen LogP contribution in [-0.2, 0) is 6.54 Å². The Bertz CT molecular complexity index is 504. The van der Waals surface area contributed by atoms with Crippen LogP contribution in [0.15, 0.2) is 24.5 Å². The highest BCUT2D eigenvalue weighted by molar-refractivity contribution is 5.62. The lowest BCUT2D eigenvalue weighted by Gasteiger charge is -2.16. The average Bonchev–Trinajstić information content (AvgIpc) is 2.85. The summed E-state index contributed by atoms with van der Waals surface area (Å²) >= 11 is 0. The van der Waals surface area contributed by atoms with Crippen LogP contribution >= 0.6 is 0 Å². The van der Waals surface area contributed by atoms with Gasteiger partial charge in [0.1, 0.15) is 5.82 Å². The Labute approximate surface area is 113 Å². The van der Waals surface area contributed by atoms with Crippen LogP contribution in [0.3, 0.4) is 0 Å². The van der Waals surface area contributed by atoms with Crippen molar-refractivity contribution < 1.29 is 0 Å². The van der Waals surface area contributed by atoms with E-state index in [-0.39, 0.29) is 0 Å². The van der Waals surface area contributed by atoms with Gasteiger partial charge >= 0.3 is 0 Å². The molecule has 0 bridgehead atoms. The molecule has 19 heavy (non-hydrogen) atoms. The zero-order valence-electron chi connectivity index (χ0n) is 11.3. The lowest BCUT2D eigenvalue weighted by molar-refractivity contribution is 0.328. The molecule has 0 amide bonds. The highest BCUT2D eigenvalue weighted by atomic mass is 15.1. The van der Waals surface area contributed by atoms with Gasteiger partial charge in [0.05, 0.1) is 11.9 Å². The molecule has 6 heteroatoms. The Morgan fingerprint density at radius 3 is 2.89 bits per heavy atom. The molecule has 0 saturated heterocycles. The first-order valence-corrected chi connectivity index (χ1v) is 6.28. The number of nitrogens with zero attached hydrogens (tertiary/aromatic N) is 3. The quantitative estimate of drug-likeness (QED) is 0.712. The Hall–Kier alpha value is -1.92. The van der Waals surface area contributed by atoms with Gasteiger partial charge in [0, 0.05) is 37.0 Å². The number of likely N-dealkylation sites (N-methyl/N-ethyl adjacent to an activating group) is 2. The summed E-state index contributed by atoms with van der Waals surface area (Å²) in [5.41, 5.74) is 8.77. The largest absolute Gasteiger partial charge is 0.384 e. The van der Waals surface area contributed by atoms with Crippen LogP contribution in [0.2, 0.25) is 0 Å². The second kappa shape index (κ2) is 6.31. The maximum Gasteiger partial charge on any atom is 0.123 e. The van der Waals surface area contributed by atoms with Gasteiger partial charge in [-0.05, 0) is 26.2 Å². The lowest BCUT2D eigenvalue weighted by atomic mass is 10.1. The predicted molar refractivity (Wildman–Crippen MR) is 76.5 cm³/mol. The smallest absolute Gasteiger partial charge is 0.123 e. The van der Waals surface area contributed by atoms with Gasteiger partial charge in [-0.2, -0.15) is 5.10 Å². The molecule has 4 N–H and O–H groups in total. The first-order valence-electron chi connectivity index (χ1n) is 6.28. The highest BCUT2D eigenvalue weighted by Crippen LogP contribution is 2.21. The summed E-state index contributed by atoms with van der Waals surface area (Å²) < 4.78 is 0. The van der Waals surface area contributed by atoms with E-state index in [1.807, 2.05) is 19.3 Å². The maximum absolute atomic E-state index is 5.60. The van der Waals surface area contributed by atoms with Crippen molar-refractivity contribution in [3.05, 3.63) is 30.1 Å². The number of hydrogen-bond donors (Lipinski definition) is 3. The van der Waals surface area contributed by atoms with Gasteiger partial charge in [-0.3, -0.25) is 5.10 Å². The van der Waals surface area contributed by atoms with E-state index in [1.165, 1.54) is 0 Å². The van der Waals surface area contributed by atoms with Crippen LogP contribution in [0, 0.1) is 0 Å². The van der Waals surface area contributed by atoms with Crippen LogP contribution in [0.25, 0.3) is 11.3 Å². The molecule has 102 valence electrons. The predicted octanol–water partition coefficient (Wildman–Crippen LogP) is 0.705. The second-order valence-electron chi connectivity index (χ2n) is 4.58. The van der Waals surface area contributed by atoms with Crippen molar-refractivity contribution in [1.82, 2.24) is 25.4 Å². The first-order chi connectivity index (χ1) is 9.20. The summed E-state index contributed by atoms with van der Waals surface area (Å²) in [7, 11) is 4.05. The molecular formula is C13H20N6. The van der Waals surface area contributed by atoms with Crippen LogP contribution in [0.4, 0.5) is 5.82 Å². The van der Waals surface area contributed by atoms with E-state index in [2.05, 4.69) is 32.4 Å². The number of anilines is 1. The van der Waals surface area contributed by atoms with Gasteiger partial charge in [-0.15, -0.1) is 0 Å². The van der Waals surface area contributed by atoms with Crippen LogP contribution in [0.5, 0.6) is 0 Å². The molecule has 0 aliphatic heterocycles. The minimum absolute atomic E-state index is 0.524. The van der Waals surface area contributed by atoms with Crippen molar-refractivity contribution >= 4 is 5.82 Å². The Kier molecular flexibility index (Phi) is 4.48. The van der Waals surface area contributed by atoms with Crippen molar-refractivity contribution in [2.45, 2.75) is 6.54 Å².